The number of anilines is 1. The summed E-state index contributed by atoms with van der Waals surface area (Å²) in [7, 11) is 0. The number of nitrogens with one attached hydrogen (secondary N) is 1. The number of carbonyl (C=O) groups excluding carboxylic acids is 1. The largest absolute Gasteiger partial charge is 0.486 e. The number of ether oxygens (including phenoxy) is 2. The second-order valence-electron chi connectivity index (χ2n) is 9.01. The van der Waals surface area contributed by atoms with Gasteiger partial charge >= 0.3 is 0 Å². The second-order valence-corrected chi connectivity index (χ2v) is 9.01. The molecule has 6 heteroatoms. The Kier molecular flexibility index (Phi) is 6.60. The van der Waals surface area contributed by atoms with Crippen molar-refractivity contribution in [1.82, 2.24) is 9.80 Å². The van der Waals surface area contributed by atoms with Crippen LogP contribution in [-0.2, 0) is 4.79 Å². The first-order valence-electron chi connectivity index (χ1n) is 11.3. The molecule has 1 amide bonds. The number of rotatable bonds is 5. The van der Waals surface area contributed by atoms with E-state index in [-0.39, 0.29) is 11.9 Å². The number of benzene rings is 1. The molecule has 1 N–H and O–H groups in total. The van der Waals surface area contributed by atoms with E-state index in [0.717, 1.165) is 30.4 Å². The number of fused-ring (bicyclic) bond motifs is 1. The average Bonchev–Trinajstić information content (AvgIpc) is 2.75. The first-order valence-corrected chi connectivity index (χ1v) is 11.3. The Balaban J connectivity index is 1.30. The van der Waals surface area contributed by atoms with Gasteiger partial charge in [0.05, 0.1) is 6.04 Å². The fourth-order valence-corrected chi connectivity index (χ4v) is 4.74. The van der Waals surface area contributed by atoms with Crippen molar-refractivity contribution < 1.29 is 14.3 Å². The van der Waals surface area contributed by atoms with E-state index in [2.05, 4.69) is 22.0 Å². The highest BCUT2D eigenvalue weighted by Gasteiger charge is 2.29. The van der Waals surface area contributed by atoms with Gasteiger partial charge in [-0.25, -0.2) is 0 Å². The molecular weight excluding hydrogens is 366 g/mol. The molecule has 0 bridgehead atoms. The zero-order chi connectivity index (χ0) is 20.2. The number of hydrogen-bond acceptors (Lipinski definition) is 5. The Morgan fingerprint density at radius 1 is 1.14 bits per heavy atom. The predicted octanol–water partition coefficient (Wildman–Crippen LogP) is 3.23. The van der Waals surface area contributed by atoms with Crippen LogP contribution in [0.4, 0.5) is 5.69 Å². The van der Waals surface area contributed by atoms with Gasteiger partial charge in [0.25, 0.3) is 0 Å². The van der Waals surface area contributed by atoms with E-state index in [4.69, 9.17) is 9.47 Å². The predicted molar refractivity (Wildman–Crippen MR) is 115 cm³/mol. The normalized spacial score (nSPS) is 24.8. The number of nitrogens with zero attached hydrogens (tertiary/aromatic N) is 2. The van der Waals surface area contributed by atoms with Crippen LogP contribution in [0.1, 0.15) is 39.5 Å². The highest BCUT2D eigenvalue weighted by atomic mass is 16.6. The van der Waals surface area contributed by atoms with Crippen LogP contribution in [0, 0.1) is 11.8 Å². The first kappa shape index (κ1) is 20.5. The summed E-state index contributed by atoms with van der Waals surface area (Å²) in [4.78, 5) is 17.9. The van der Waals surface area contributed by atoms with Crippen molar-refractivity contribution >= 4 is 11.6 Å². The minimum atomic E-state index is -0.132. The molecule has 160 valence electrons. The Morgan fingerprint density at radius 3 is 2.69 bits per heavy atom. The van der Waals surface area contributed by atoms with Crippen molar-refractivity contribution in [3.63, 3.8) is 0 Å². The van der Waals surface area contributed by atoms with Crippen molar-refractivity contribution in [2.75, 3.05) is 51.3 Å². The molecule has 0 aliphatic carbocycles. The maximum atomic E-state index is 12.9. The lowest BCUT2D eigenvalue weighted by Crippen LogP contribution is -2.49. The summed E-state index contributed by atoms with van der Waals surface area (Å²) >= 11 is 0. The van der Waals surface area contributed by atoms with E-state index in [1.807, 2.05) is 25.1 Å². The molecule has 2 fully saturated rings. The molecule has 3 aliphatic heterocycles. The van der Waals surface area contributed by atoms with E-state index < -0.39 is 0 Å². The van der Waals surface area contributed by atoms with Crippen LogP contribution in [0.5, 0.6) is 11.5 Å². The monoisotopic (exact) mass is 401 g/mol. The molecule has 0 saturated carbocycles. The molecule has 29 heavy (non-hydrogen) atoms. The molecule has 3 aliphatic rings. The van der Waals surface area contributed by atoms with Gasteiger partial charge in [-0.15, -0.1) is 0 Å². The Morgan fingerprint density at radius 2 is 1.90 bits per heavy atom. The lowest BCUT2D eigenvalue weighted by atomic mass is 9.93. The number of hydrogen-bond donors (Lipinski definition) is 1. The van der Waals surface area contributed by atoms with Crippen molar-refractivity contribution in [3.05, 3.63) is 18.2 Å². The Bertz CT molecular complexity index is 703. The van der Waals surface area contributed by atoms with Crippen molar-refractivity contribution in [1.29, 1.82) is 0 Å². The topological polar surface area (TPSA) is 54.0 Å². The van der Waals surface area contributed by atoms with E-state index >= 15 is 0 Å². The number of amides is 1. The maximum absolute atomic E-state index is 12.9. The fourth-order valence-electron chi connectivity index (χ4n) is 4.74. The Labute approximate surface area is 174 Å². The molecule has 2 unspecified atom stereocenters. The van der Waals surface area contributed by atoms with Crippen LogP contribution in [0.2, 0.25) is 0 Å². The van der Waals surface area contributed by atoms with Gasteiger partial charge < -0.3 is 19.7 Å². The van der Waals surface area contributed by atoms with Crippen LogP contribution in [-0.4, -0.2) is 67.7 Å². The van der Waals surface area contributed by atoms with E-state index in [0.29, 0.717) is 24.9 Å². The van der Waals surface area contributed by atoms with Crippen molar-refractivity contribution in [2.24, 2.45) is 11.8 Å². The summed E-state index contributed by atoms with van der Waals surface area (Å²) in [5.41, 5.74) is 0.766. The fraction of sp³-hybridized carbons (Fsp3) is 0.696. The number of piperidine rings is 2. The van der Waals surface area contributed by atoms with Crippen LogP contribution in [0.3, 0.4) is 0 Å². The number of carbonyl (C=O) groups is 1. The molecule has 0 aromatic heterocycles. The minimum Gasteiger partial charge on any atom is -0.486 e. The lowest BCUT2D eigenvalue weighted by Gasteiger charge is -2.39. The summed E-state index contributed by atoms with van der Waals surface area (Å²) in [6, 6.07) is 5.47. The van der Waals surface area contributed by atoms with Gasteiger partial charge in [0.2, 0.25) is 5.91 Å². The molecule has 1 aromatic carbocycles. The molecule has 0 radical (unpaired) electrons. The van der Waals surface area contributed by atoms with Gasteiger partial charge in [-0.1, -0.05) is 6.92 Å². The minimum absolute atomic E-state index is 0.0501. The van der Waals surface area contributed by atoms with Crippen LogP contribution in [0.25, 0.3) is 0 Å². The van der Waals surface area contributed by atoms with E-state index in [1.165, 1.54) is 45.3 Å². The third-order valence-corrected chi connectivity index (χ3v) is 6.68. The SMILES string of the molecule is CC1CCN(CC2CCCN(C(C)C(=O)Nc3ccc4c(c3)OCCO4)C2)CC1. The van der Waals surface area contributed by atoms with Crippen LogP contribution < -0.4 is 14.8 Å². The average molecular weight is 402 g/mol. The third-order valence-electron chi connectivity index (χ3n) is 6.68. The molecule has 0 spiro atoms. The maximum Gasteiger partial charge on any atom is 0.241 e. The Hall–Kier alpha value is -1.79. The first-order chi connectivity index (χ1) is 14.1. The molecule has 2 atom stereocenters. The van der Waals surface area contributed by atoms with E-state index in [1.54, 1.807) is 0 Å². The molecule has 1 aromatic rings. The second kappa shape index (κ2) is 9.35. The molecule has 6 nitrogen and oxygen atoms in total. The van der Waals surface area contributed by atoms with Crippen molar-refractivity contribution in [3.8, 4) is 11.5 Å². The van der Waals surface area contributed by atoms with Gasteiger partial charge in [-0.2, -0.15) is 0 Å². The van der Waals surface area contributed by atoms with Crippen molar-refractivity contribution in [2.45, 2.75) is 45.6 Å². The van der Waals surface area contributed by atoms with Gasteiger partial charge in [-0.05, 0) is 76.2 Å². The molecule has 2 saturated heterocycles. The van der Waals surface area contributed by atoms with Crippen LogP contribution >= 0.6 is 0 Å². The molecule has 3 heterocycles. The van der Waals surface area contributed by atoms with Gasteiger partial charge in [-0.3, -0.25) is 9.69 Å². The summed E-state index contributed by atoms with van der Waals surface area (Å²) in [6.07, 6.45) is 5.10. The van der Waals surface area contributed by atoms with Gasteiger partial charge in [0.1, 0.15) is 13.2 Å². The lowest BCUT2D eigenvalue weighted by molar-refractivity contribution is -0.121. The van der Waals surface area contributed by atoms with Gasteiger partial charge in [0, 0.05) is 24.8 Å². The smallest absolute Gasteiger partial charge is 0.241 e. The molecular formula is C23H35N3O3. The third kappa shape index (κ3) is 5.23. The highest BCUT2D eigenvalue weighted by Crippen LogP contribution is 2.32. The highest BCUT2D eigenvalue weighted by molar-refractivity contribution is 5.94. The summed E-state index contributed by atoms with van der Waals surface area (Å²) in [6.45, 7) is 11.2. The standard InChI is InChI=1S/C23H35N3O3/c1-17-7-10-25(11-8-17)15-19-4-3-9-26(16-19)18(2)23(27)24-20-5-6-21-22(14-20)29-13-12-28-21/h5-6,14,17-19H,3-4,7-13,15-16H2,1-2H3,(H,24,27). The molecule has 4 rings (SSSR count). The van der Waals surface area contributed by atoms with E-state index in [9.17, 15) is 4.79 Å². The summed E-state index contributed by atoms with van der Waals surface area (Å²) < 4.78 is 11.2. The zero-order valence-electron chi connectivity index (χ0n) is 17.9. The summed E-state index contributed by atoms with van der Waals surface area (Å²) in [5.74, 6) is 3.04. The van der Waals surface area contributed by atoms with Gasteiger partial charge in [0.15, 0.2) is 11.5 Å². The zero-order valence-corrected chi connectivity index (χ0v) is 17.9. The van der Waals surface area contributed by atoms with Crippen LogP contribution in [0.15, 0.2) is 18.2 Å². The number of likely N-dealkylation sites (tertiary alicyclic amines) is 2. The quantitative estimate of drug-likeness (QED) is 0.821. The summed E-state index contributed by atoms with van der Waals surface area (Å²) in [5, 5.41) is 3.06.